The summed E-state index contributed by atoms with van der Waals surface area (Å²) in [5.41, 5.74) is -0.304. The van der Waals surface area contributed by atoms with E-state index in [-0.39, 0.29) is 17.1 Å². The second kappa shape index (κ2) is 4.38. The van der Waals surface area contributed by atoms with Gasteiger partial charge >= 0.3 is 5.97 Å². The van der Waals surface area contributed by atoms with Crippen molar-refractivity contribution in [2.24, 2.45) is 5.41 Å². The van der Waals surface area contributed by atoms with E-state index in [4.69, 9.17) is 15.4 Å². The molecule has 2 unspecified atom stereocenters. The van der Waals surface area contributed by atoms with Crippen LogP contribution in [0.15, 0.2) is 0 Å². The lowest BCUT2D eigenvalue weighted by molar-refractivity contribution is -0.140. The second-order valence-corrected chi connectivity index (χ2v) is 8.31. The first-order valence-electron chi connectivity index (χ1n) is 5.11. The fourth-order valence-electron chi connectivity index (χ4n) is 2.39. The lowest BCUT2D eigenvalue weighted by Gasteiger charge is -2.35. The van der Waals surface area contributed by atoms with Crippen molar-refractivity contribution in [3.8, 4) is 0 Å². The Morgan fingerprint density at radius 3 is 2.88 bits per heavy atom. The first-order chi connectivity index (χ1) is 7.41. The van der Waals surface area contributed by atoms with E-state index in [2.05, 4.69) is 0 Å². The van der Waals surface area contributed by atoms with Gasteiger partial charge in [0, 0.05) is 21.9 Å². The van der Waals surface area contributed by atoms with E-state index in [0.29, 0.717) is 6.42 Å². The SMILES string of the molecule is O=C1CC2(CCCSC2)C(CS(=O)(=O)Cl)O1. The van der Waals surface area contributed by atoms with Crippen LogP contribution < -0.4 is 0 Å². The van der Waals surface area contributed by atoms with Gasteiger partial charge in [0.15, 0.2) is 0 Å². The van der Waals surface area contributed by atoms with Crippen LogP contribution in [0.4, 0.5) is 0 Å². The summed E-state index contributed by atoms with van der Waals surface area (Å²) in [6.07, 6.45) is 1.62. The van der Waals surface area contributed by atoms with E-state index < -0.39 is 15.2 Å². The molecule has 0 bridgehead atoms. The quantitative estimate of drug-likeness (QED) is 0.566. The highest BCUT2D eigenvalue weighted by molar-refractivity contribution is 8.13. The van der Waals surface area contributed by atoms with Crippen molar-refractivity contribution in [3.05, 3.63) is 0 Å². The number of carbonyl (C=O) groups is 1. The molecular weight excluding hydrogens is 272 g/mol. The molecule has 0 amide bonds. The van der Waals surface area contributed by atoms with Gasteiger partial charge in [-0.15, -0.1) is 0 Å². The number of rotatable bonds is 2. The number of hydrogen-bond donors (Lipinski definition) is 0. The summed E-state index contributed by atoms with van der Waals surface area (Å²) >= 11 is 1.75. The van der Waals surface area contributed by atoms with Gasteiger partial charge in [-0.05, 0) is 18.6 Å². The molecule has 0 aromatic heterocycles. The molecule has 1 spiro atoms. The lowest BCUT2D eigenvalue weighted by Crippen LogP contribution is -2.39. The summed E-state index contributed by atoms with van der Waals surface area (Å²) in [4.78, 5) is 11.3. The highest BCUT2D eigenvalue weighted by Crippen LogP contribution is 2.46. The Kier molecular flexibility index (Phi) is 3.43. The van der Waals surface area contributed by atoms with E-state index in [9.17, 15) is 13.2 Å². The summed E-state index contributed by atoms with van der Waals surface area (Å²) in [6, 6.07) is 0. The molecule has 92 valence electrons. The van der Waals surface area contributed by atoms with Gasteiger partial charge in [-0.2, -0.15) is 11.8 Å². The maximum atomic E-state index is 11.3. The molecule has 0 aromatic carbocycles. The average molecular weight is 285 g/mol. The van der Waals surface area contributed by atoms with Crippen LogP contribution >= 0.6 is 22.4 Å². The highest BCUT2D eigenvalue weighted by atomic mass is 35.7. The van der Waals surface area contributed by atoms with E-state index in [1.165, 1.54) is 0 Å². The van der Waals surface area contributed by atoms with Gasteiger partial charge in [0.05, 0.1) is 6.42 Å². The molecular formula is C9H13ClO4S2. The Balaban J connectivity index is 2.18. The van der Waals surface area contributed by atoms with Gasteiger partial charge in [0.2, 0.25) is 9.05 Å². The first-order valence-corrected chi connectivity index (χ1v) is 8.74. The topological polar surface area (TPSA) is 60.4 Å². The number of hydrogen-bond acceptors (Lipinski definition) is 5. The van der Waals surface area contributed by atoms with Crippen molar-refractivity contribution in [1.82, 2.24) is 0 Å². The van der Waals surface area contributed by atoms with Crippen LogP contribution in [-0.2, 0) is 18.6 Å². The van der Waals surface area contributed by atoms with E-state index >= 15 is 0 Å². The largest absolute Gasteiger partial charge is 0.461 e. The highest BCUT2D eigenvalue weighted by Gasteiger charge is 2.50. The van der Waals surface area contributed by atoms with Crippen molar-refractivity contribution in [2.45, 2.75) is 25.4 Å². The summed E-state index contributed by atoms with van der Waals surface area (Å²) in [7, 11) is 1.62. The van der Waals surface area contributed by atoms with Crippen LogP contribution in [0.3, 0.4) is 0 Å². The van der Waals surface area contributed by atoms with Gasteiger partial charge in [-0.25, -0.2) is 8.42 Å². The Bertz CT molecular complexity index is 386. The fourth-order valence-corrected chi connectivity index (χ4v) is 4.84. The fraction of sp³-hybridized carbons (Fsp3) is 0.889. The van der Waals surface area contributed by atoms with Gasteiger partial charge in [0.25, 0.3) is 0 Å². The standard InChI is InChI=1S/C9H13ClO4S2/c10-16(12,13)5-7-9(4-8(11)14-7)2-1-3-15-6-9/h7H,1-6H2. The summed E-state index contributed by atoms with van der Waals surface area (Å²) in [5, 5.41) is 0. The molecule has 0 aromatic rings. The molecule has 7 heteroatoms. The molecule has 2 fully saturated rings. The second-order valence-electron chi connectivity index (χ2n) is 4.38. The third-order valence-electron chi connectivity index (χ3n) is 3.16. The maximum absolute atomic E-state index is 11.3. The van der Waals surface area contributed by atoms with E-state index in [0.717, 1.165) is 24.3 Å². The lowest BCUT2D eigenvalue weighted by atomic mass is 9.79. The Hall–Kier alpha value is 0.0600. The number of cyclic esters (lactones) is 1. The zero-order chi connectivity index (χ0) is 11.8. The van der Waals surface area contributed by atoms with Crippen molar-refractivity contribution in [1.29, 1.82) is 0 Å². The van der Waals surface area contributed by atoms with Crippen LogP contribution in [-0.4, -0.2) is 37.7 Å². The van der Waals surface area contributed by atoms with Crippen molar-refractivity contribution >= 4 is 37.5 Å². The van der Waals surface area contributed by atoms with Gasteiger partial charge in [0.1, 0.15) is 11.9 Å². The number of halogens is 1. The van der Waals surface area contributed by atoms with Crippen LogP contribution in [0, 0.1) is 5.41 Å². The predicted molar refractivity (Wildman–Crippen MR) is 63.1 cm³/mol. The Morgan fingerprint density at radius 1 is 1.56 bits per heavy atom. The van der Waals surface area contributed by atoms with Crippen LogP contribution in [0.2, 0.25) is 0 Å². The van der Waals surface area contributed by atoms with Crippen molar-refractivity contribution < 1.29 is 17.9 Å². The van der Waals surface area contributed by atoms with Gasteiger partial charge in [-0.1, -0.05) is 0 Å². The number of esters is 1. The summed E-state index contributed by atoms with van der Waals surface area (Å²) < 4.78 is 27.3. The number of thioether (sulfide) groups is 1. The van der Waals surface area contributed by atoms with Crippen LogP contribution in [0.1, 0.15) is 19.3 Å². The average Bonchev–Trinajstić information content (AvgIpc) is 2.41. The third kappa shape index (κ3) is 2.65. The maximum Gasteiger partial charge on any atom is 0.306 e. The minimum absolute atomic E-state index is 0.263. The molecule has 2 saturated heterocycles. The monoisotopic (exact) mass is 284 g/mol. The first kappa shape index (κ1) is 12.5. The molecule has 0 saturated carbocycles. The van der Waals surface area contributed by atoms with E-state index in [1.807, 2.05) is 0 Å². The van der Waals surface area contributed by atoms with Gasteiger partial charge < -0.3 is 4.74 Å². The van der Waals surface area contributed by atoms with Crippen molar-refractivity contribution in [2.75, 3.05) is 17.3 Å². The molecule has 2 heterocycles. The molecule has 2 aliphatic heterocycles. The Morgan fingerprint density at radius 2 is 2.31 bits per heavy atom. The molecule has 0 radical (unpaired) electrons. The summed E-state index contributed by atoms with van der Waals surface area (Å²) in [6.45, 7) is 0. The normalized spacial score (nSPS) is 35.3. The minimum Gasteiger partial charge on any atom is -0.461 e. The molecule has 2 atom stereocenters. The zero-order valence-corrected chi connectivity index (χ0v) is 11.0. The minimum atomic E-state index is -3.62. The molecule has 2 rings (SSSR count). The zero-order valence-electron chi connectivity index (χ0n) is 8.65. The Labute approximate surface area is 103 Å². The van der Waals surface area contributed by atoms with Crippen LogP contribution in [0.25, 0.3) is 0 Å². The molecule has 2 aliphatic rings. The van der Waals surface area contributed by atoms with Gasteiger partial charge in [-0.3, -0.25) is 4.79 Å². The van der Waals surface area contributed by atoms with Crippen LogP contribution in [0.5, 0.6) is 0 Å². The molecule has 0 aliphatic carbocycles. The molecule has 16 heavy (non-hydrogen) atoms. The summed E-state index contributed by atoms with van der Waals surface area (Å²) in [5.74, 6) is 1.29. The molecule has 4 nitrogen and oxygen atoms in total. The molecule has 0 N–H and O–H groups in total. The number of ether oxygens (including phenoxy) is 1. The van der Waals surface area contributed by atoms with E-state index in [1.54, 1.807) is 11.8 Å². The smallest absolute Gasteiger partial charge is 0.306 e. The van der Waals surface area contributed by atoms with Crippen molar-refractivity contribution in [3.63, 3.8) is 0 Å². The third-order valence-corrected chi connectivity index (χ3v) is 5.59. The number of carbonyl (C=O) groups excluding carboxylic acids is 1. The predicted octanol–water partition coefficient (Wildman–Crippen LogP) is 1.38.